The Labute approximate surface area is 205 Å². The minimum absolute atomic E-state index is 0.137. The monoisotopic (exact) mass is 479 g/mol. The summed E-state index contributed by atoms with van der Waals surface area (Å²) in [5.41, 5.74) is 3.94. The summed E-state index contributed by atoms with van der Waals surface area (Å²) in [4.78, 5) is 4.30. The molecule has 9 heteroatoms. The first kappa shape index (κ1) is 23.5. The largest absolute Gasteiger partial charge is 0.507 e. The van der Waals surface area contributed by atoms with Gasteiger partial charge in [-0.15, -0.1) is 10.2 Å². The number of aromatic hydroxyl groups is 1. The number of hydrogen-bond acceptors (Lipinski definition) is 7. The fourth-order valence-corrected chi connectivity index (χ4v) is 5.41. The van der Waals surface area contributed by atoms with Gasteiger partial charge in [0.25, 0.3) is 0 Å². The van der Waals surface area contributed by atoms with Crippen molar-refractivity contribution in [1.82, 2.24) is 25.3 Å². The molecule has 2 N–H and O–H groups in total. The maximum atomic E-state index is 15.3. The van der Waals surface area contributed by atoms with E-state index in [9.17, 15) is 5.11 Å². The Kier molecular flexibility index (Phi) is 6.60. The molecule has 1 saturated carbocycles. The van der Waals surface area contributed by atoms with Crippen LogP contribution in [0.15, 0.2) is 36.7 Å². The van der Waals surface area contributed by atoms with Gasteiger partial charge in [0.2, 0.25) is 0 Å². The Morgan fingerprint density at radius 1 is 1.06 bits per heavy atom. The lowest BCUT2D eigenvalue weighted by atomic mass is 10.0. The van der Waals surface area contributed by atoms with Crippen LogP contribution >= 0.6 is 0 Å². The fraction of sp³-hybridized carbons (Fsp3) is 0.500. The van der Waals surface area contributed by atoms with E-state index in [1.165, 1.54) is 0 Å². The van der Waals surface area contributed by atoms with Crippen LogP contribution in [-0.2, 0) is 7.05 Å². The van der Waals surface area contributed by atoms with Gasteiger partial charge in [-0.25, -0.2) is 4.39 Å². The number of anilines is 2. The van der Waals surface area contributed by atoms with E-state index in [4.69, 9.17) is 0 Å². The Bertz CT molecular complexity index is 1180. The summed E-state index contributed by atoms with van der Waals surface area (Å²) in [6.45, 7) is 1.59. The molecule has 8 nitrogen and oxygen atoms in total. The zero-order chi connectivity index (χ0) is 24.5. The first-order chi connectivity index (χ1) is 16.9. The Morgan fingerprint density at radius 2 is 1.91 bits per heavy atom. The minimum atomic E-state index is -0.893. The van der Waals surface area contributed by atoms with Crippen molar-refractivity contribution < 1.29 is 9.50 Å². The molecule has 1 aromatic carbocycles. The molecule has 2 aliphatic rings. The van der Waals surface area contributed by atoms with Crippen molar-refractivity contribution in [3.05, 3.63) is 36.7 Å². The van der Waals surface area contributed by atoms with Crippen LogP contribution in [0.25, 0.3) is 22.4 Å². The topological polar surface area (TPSA) is 82.3 Å². The van der Waals surface area contributed by atoms with E-state index in [0.717, 1.165) is 61.4 Å². The van der Waals surface area contributed by atoms with Crippen molar-refractivity contribution in [3.63, 3.8) is 0 Å². The first-order valence-electron chi connectivity index (χ1n) is 12.4. The van der Waals surface area contributed by atoms with Crippen molar-refractivity contribution in [2.75, 3.05) is 37.0 Å². The standard InChI is InChI=1S/C26H34FN7O/c1-28-19-6-4-7-21(27)23(13-19)34-11-5-10-32(2)24-14-22(30-31-26(24)34)20-9-8-17(12-25(20)35)18-15-29-33(3)16-18/h8-9,12,14-16,19,21,23,28,35H,4-7,10-11,13H2,1-3H3/t19-,21+,23-/m1/s1. The van der Waals surface area contributed by atoms with Gasteiger partial charge in [0.1, 0.15) is 11.9 Å². The van der Waals surface area contributed by atoms with E-state index in [1.807, 2.05) is 45.5 Å². The number of alkyl halides is 1. The van der Waals surface area contributed by atoms with Gasteiger partial charge in [0.15, 0.2) is 5.82 Å². The predicted octanol–water partition coefficient (Wildman–Crippen LogP) is 3.76. The van der Waals surface area contributed by atoms with Crippen molar-refractivity contribution >= 4 is 11.5 Å². The number of phenols is 1. The fourth-order valence-electron chi connectivity index (χ4n) is 5.41. The number of aryl methyl sites for hydroxylation is 1. The summed E-state index contributed by atoms with van der Waals surface area (Å²) in [5.74, 6) is 0.864. The quantitative estimate of drug-likeness (QED) is 0.552. The molecule has 1 fully saturated rings. The highest BCUT2D eigenvalue weighted by molar-refractivity contribution is 5.78. The summed E-state index contributed by atoms with van der Waals surface area (Å²) < 4.78 is 17.1. The number of fused-ring (bicyclic) bond motifs is 1. The third-order valence-electron chi connectivity index (χ3n) is 7.43. The SMILES string of the molecule is CN[C@@H]1CCC[C@H](F)[C@H](N2CCCN(C)c3cc(-c4ccc(-c5cnn(C)c5)cc4O)nnc32)C1. The molecule has 35 heavy (non-hydrogen) atoms. The molecule has 1 aliphatic heterocycles. The highest BCUT2D eigenvalue weighted by Gasteiger charge is 2.35. The van der Waals surface area contributed by atoms with Gasteiger partial charge < -0.3 is 20.2 Å². The average molecular weight is 480 g/mol. The van der Waals surface area contributed by atoms with Crippen molar-refractivity contribution in [3.8, 4) is 28.1 Å². The summed E-state index contributed by atoms with van der Waals surface area (Å²) in [7, 11) is 5.86. The molecule has 0 radical (unpaired) electrons. The van der Waals surface area contributed by atoms with E-state index in [0.29, 0.717) is 23.7 Å². The summed E-state index contributed by atoms with van der Waals surface area (Å²) in [6, 6.07) is 7.58. The van der Waals surface area contributed by atoms with Crippen LogP contribution in [0.2, 0.25) is 0 Å². The number of nitrogens with zero attached hydrogens (tertiary/aromatic N) is 6. The zero-order valence-corrected chi connectivity index (χ0v) is 20.7. The van der Waals surface area contributed by atoms with Crippen LogP contribution in [0.5, 0.6) is 5.75 Å². The molecule has 1 aliphatic carbocycles. The van der Waals surface area contributed by atoms with Gasteiger partial charge in [-0.1, -0.05) is 6.07 Å². The van der Waals surface area contributed by atoms with Crippen LogP contribution in [0.3, 0.4) is 0 Å². The lowest BCUT2D eigenvalue weighted by molar-refractivity contribution is 0.253. The van der Waals surface area contributed by atoms with Crippen molar-refractivity contribution in [1.29, 1.82) is 0 Å². The maximum absolute atomic E-state index is 15.3. The molecule has 0 unspecified atom stereocenters. The van der Waals surface area contributed by atoms with Gasteiger partial charge in [-0.2, -0.15) is 5.10 Å². The molecular weight excluding hydrogens is 445 g/mol. The number of nitrogens with one attached hydrogen (secondary N) is 1. The summed E-state index contributed by atoms with van der Waals surface area (Å²) >= 11 is 0. The Balaban J connectivity index is 1.50. The van der Waals surface area contributed by atoms with E-state index < -0.39 is 6.17 Å². The molecule has 0 saturated heterocycles. The van der Waals surface area contributed by atoms with Crippen LogP contribution in [0.1, 0.15) is 32.1 Å². The van der Waals surface area contributed by atoms with E-state index in [-0.39, 0.29) is 11.8 Å². The van der Waals surface area contributed by atoms with Crippen molar-refractivity contribution in [2.45, 2.75) is 50.4 Å². The van der Waals surface area contributed by atoms with E-state index in [2.05, 4.69) is 30.4 Å². The molecule has 186 valence electrons. The number of benzene rings is 1. The van der Waals surface area contributed by atoms with Gasteiger partial charge in [-0.05, 0) is 62.9 Å². The predicted molar refractivity (Wildman–Crippen MR) is 137 cm³/mol. The second-order valence-electron chi connectivity index (χ2n) is 9.78. The highest BCUT2D eigenvalue weighted by Crippen LogP contribution is 2.39. The Morgan fingerprint density at radius 3 is 2.66 bits per heavy atom. The van der Waals surface area contributed by atoms with Gasteiger partial charge in [0, 0.05) is 50.6 Å². The molecular formula is C26H34FN7O. The van der Waals surface area contributed by atoms with Gasteiger partial charge in [-0.3, -0.25) is 4.68 Å². The van der Waals surface area contributed by atoms with Crippen LogP contribution in [0.4, 0.5) is 15.9 Å². The third-order valence-corrected chi connectivity index (χ3v) is 7.43. The lowest BCUT2D eigenvalue weighted by Gasteiger charge is -2.35. The van der Waals surface area contributed by atoms with Gasteiger partial charge >= 0.3 is 0 Å². The zero-order valence-electron chi connectivity index (χ0n) is 20.7. The van der Waals surface area contributed by atoms with Crippen LogP contribution < -0.4 is 15.1 Å². The average Bonchev–Trinajstić information content (AvgIpc) is 3.12. The second-order valence-corrected chi connectivity index (χ2v) is 9.78. The van der Waals surface area contributed by atoms with E-state index in [1.54, 1.807) is 16.9 Å². The van der Waals surface area contributed by atoms with E-state index >= 15 is 4.39 Å². The molecule has 0 amide bonds. The first-order valence-corrected chi connectivity index (χ1v) is 12.4. The highest BCUT2D eigenvalue weighted by atomic mass is 19.1. The summed E-state index contributed by atoms with van der Waals surface area (Å²) in [6.07, 6.45) is 6.91. The molecule has 2 aromatic heterocycles. The molecule has 3 atom stereocenters. The van der Waals surface area contributed by atoms with Crippen LogP contribution in [-0.4, -0.2) is 70.5 Å². The molecule has 3 heterocycles. The summed E-state index contributed by atoms with van der Waals surface area (Å²) in [5, 5.41) is 27.5. The number of rotatable bonds is 4. The lowest BCUT2D eigenvalue weighted by Crippen LogP contribution is -2.45. The van der Waals surface area contributed by atoms with Crippen LogP contribution in [0, 0.1) is 0 Å². The number of halogens is 1. The molecule has 3 aromatic rings. The van der Waals surface area contributed by atoms with Crippen molar-refractivity contribution in [2.24, 2.45) is 7.05 Å². The Hall–Kier alpha value is -3.20. The smallest absolute Gasteiger partial charge is 0.175 e. The number of hydrogen-bond donors (Lipinski definition) is 2. The normalized spacial score (nSPS) is 23.0. The molecule has 0 bridgehead atoms. The molecule has 0 spiro atoms. The minimum Gasteiger partial charge on any atom is -0.507 e. The second kappa shape index (κ2) is 9.81. The third kappa shape index (κ3) is 4.69. The maximum Gasteiger partial charge on any atom is 0.175 e. The molecule has 5 rings (SSSR count). The number of aromatic nitrogens is 4. The van der Waals surface area contributed by atoms with Gasteiger partial charge in [0.05, 0.1) is 23.6 Å². The number of phenolic OH excluding ortho intramolecular Hbond substituents is 1.